The fourth-order valence-electron chi connectivity index (χ4n) is 2.86. The number of hydrogen-bond donors (Lipinski definition) is 0. The summed E-state index contributed by atoms with van der Waals surface area (Å²) in [6.07, 6.45) is 0.717. The van der Waals surface area contributed by atoms with Crippen LogP contribution in [0, 0.1) is 6.92 Å². The SMILES string of the molecule is COc1ccc(S(=O)(=O)N2CCc3cc(C)ccc32)c(OC)c1. The Bertz CT molecular complexity index is 846. The van der Waals surface area contributed by atoms with Crippen molar-refractivity contribution in [2.24, 2.45) is 0 Å². The summed E-state index contributed by atoms with van der Waals surface area (Å²) in [5.74, 6) is 0.836. The van der Waals surface area contributed by atoms with Crippen LogP contribution in [-0.4, -0.2) is 29.2 Å². The first kappa shape index (κ1) is 15.7. The number of hydrogen-bond acceptors (Lipinski definition) is 4. The van der Waals surface area contributed by atoms with Crippen molar-refractivity contribution >= 4 is 15.7 Å². The van der Waals surface area contributed by atoms with Gasteiger partial charge >= 0.3 is 0 Å². The molecule has 1 aliphatic heterocycles. The van der Waals surface area contributed by atoms with Crippen molar-refractivity contribution in [1.29, 1.82) is 0 Å². The number of benzene rings is 2. The van der Waals surface area contributed by atoms with E-state index in [9.17, 15) is 8.42 Å². The molecule has 0 saturated carbocycles. The fourth-order valence-corrected chi connectivity index (χ4v) is 4.50. The Morgan fingerprint density at radius 1 is 1.04 bits per heavy atom. The fraction of sp³-hybridized carbons (Fsp3) is 0.294. The third kappa shape index (κ3) is 2.63. The van der Waals surface area contributed by atoms with Crippen LogP contribution in [0.1, 0.15) is 11.1 Å². The van der Waals surface area contributed by atoms with Crippen molar-refractivity contribution in [2.75, 3.05) is 25.1 Å². The van der Waals surface area contributed by atoms with Crippen molar-refractivity contribution in [3.05, 3.63) is 47.5 Å². The maximum atomic E-state index is 13.1. The highest BCUT2D eigenvalue weighted by molar-refractivity contribution is 7.93. The molecule has 0 amide bonds. The molecule has 3 rings (SSSR count). The second kappa shape index (κ2) is 5.77. The second-order valence-corrected chi connectivity index (χ2v) is 7.31. The van der Waals surface area contributed by atoms with Gasteiger partial charge in [-0.1, -0.05) is 17.7 Å². The number of fused-ring (bicyclic) bond motifs is 1. The quantitative estimate of drug-likeness (QED) is 0.863. The minimum absolute atomic E-state index is 0.147. The van der Waals surface area contributed by atoms with Crippen molar-refractivity contribution in [2.45, 2.75) is 18.2 Å². The molecule has 1 aliphatic rings. The summed E-state index contributed by atoms with van der Waals surface area (Å²) in [5.41, 5.74) is 2.93. The van der Waals surface area contributed by atoms with Gasteiger partial charge in [0.2, 0.25) is 0 Å². The highest BCUT2D eigenvalue weighted by Gasteiger charge is 2.33. The molecule has 0 bridgehead atoms. The van der Waals surface area contributed by atoms with Gasteiger partial charge in [-0.3, -0.25) is 4.31 Å². The van der Waals surface area contributed by atoms with Gasteiger partial charge in [0.05, 0.1) is 19.9 Å². The molecule has 0 radical (unpaired) electrons. The minimum Gasteiger partial charge on any atom is -0.497 e. The summed E-state index contributed by atoms with van der Waals surface area (Å²) >= 11 is 0. The Balaban J connectivity index is 2.08. The summed E-state index contributed by atoms with van der Waals surface area (Å²) in [6, 6.07) is 10.6. The Morgan fingerprint density at radius 3 is 2.52 bits per heavy atom. The lowest BCUT2D eigenvalue weighted by Crippen LogP contribution is -2.29. The van der Waals surface area contributed by atoms with Gasteiger partial charge < -0.3 is 9.47 Å². The minimum atomic E-state index is -3.68. The van der Waals surface area contributed by atoms with Crippen LogP contribution in [0.5, 0.6) is 11.5 Å². The van der Waals surface area contributed by atoms with E-state index in [1.807, 2.05) is 25.1 Å². The first-order chi connectivity index (χ1) is 11.0. The number of sulfonamides is 1. The molecule has 0 N–H and O–H groups in total. The number of ether oxygens (including phenoxy) is 2. The van der Waals surface area contributed by atoms with Gasteiger partial charge in [-0.05, 0) is 37.1 Å². The van der Waals surface area contributed by atoms with E-state index >= 15 is 0 Å². The lowest BCUT2D eigenvalue weighted by molar-refractivity contribution is 0.386. The average Bonchev–Trinajstić information content (AvgIpc) is 2.97. The lowest BCUT2D eigenvalue weighted by Gasteiger charge is -2.21. The van der Waals surface area contributed by atoms with Crippen LogP contribution in [0.2, 0.25) is 0 Å². The monoisotopic (exact) mass is 333 g/mol. The van der Waals surface area contributed by atoms with Gasteiger partial charge in [-0.2, -0.15) is 0 Å². The maximum Gasteiger partial charge on any atom is 0.268 e. The average molecular weight is 333 g/mol. The second-order valence-electron chi connectivity index (χ2n) is 5.48. The molecule has 0 fully saturated rings. The normalized spacial score (nSPS) is 13.8. The molecule has 2 aromatic rings. The molecular formula is C17H19NO4S. The summed E-state index contributed by atoms with van der Waals surface area (Å²) in [5, 5.41) is 0. The van der Waals surface area contributed by atoms with Crippen LogP contribution < -0.4 is 13.8 Å². The van der Waals surface area contributed by atoms with Crippen molar-refractivity contribution in [1.82, 2.24) is 0 Å². The first-order valence-corrected chi connectivity index (χ1v) is 8.75. The standard InChI is InChI=1S/C17H19NO4S/c1-12-4-6-15-13(10-12)8-9-18(15)23(19,20)17-7-5-14(21-2)11-16(17)22-3/h4-7,10-11H,8-9H2,1-3H3. The van der Waals surface area contributed by atoms with Crippen LogP contribution in [0.25, 0.3) is 0 Å². The Labute approximate surface area is 136 Å². The highest BCUT2D eigenvalue weighted by Crippen LogP contribution is 2.37. The molecule has 23 heavy (non-hydrogen) atoms. The van der Waals surface area contributed by atoms with Gasteiger partial charge in [0.25, 0.3) is 10.0 Å². The Kier molecular flexibility index (Phi) is 3.93. The van der Waals surface area contributed by atoms with E-state index in [2.05, 4.69) is 0 Å². The van der Waals surface area contributed by atoms with E-state index in [1.54, 1.807) is 12.1 Å². The summed E-state index contributed by atoms with van der Waals surface area (Å²) in [4.78, 5) is 0.147. The van der Waals surface area contributed by atoms with Gasteiger partial charge in [0.15, 0.2) is 0 Å². The van der Waals surface area contributed by atoms with E-state index in [0.29, 0.717) is 18.7 Å². The van der Waals surface area contributed by atoms with E-state index < -0.39 is 10.0 Å². The summed E-state index contributed by atoms with van der Waals surface area (Å²) < 4.78 is 38.0. The van der Waals surface area contributed by atoms with E-state index in [4.69, 9.17) is 9.47 Å². The van der Waals surface area contributed by atoms with E-state index in [-0.39, 0.29) is 10.6 Å². The van der Waals surface area contributed by atoms with Crippen LogP contribution >= 0.6 is 0 Å². The molecule has 0 aromatic heterocycles. The zero-order valence-corrected chi connectivity index (χ0v) is 14.2. The number of aryl methyl sites for hydroxylation is 1. The van der Waals surface area contributed by atoms with E-state index in [1.165, 1.54) is 24.6 Å². The van der Waals surface area contributed by atoms with Gasteiger partial charge in [0.1, 0.15) is 16.4 Å². The zero-order chi connectivity index (χ0) is 16.6. The van der Waals surface area contributed by atoms with E-state index in [0.717, 1.165) is 16.8 Å². The van der Waals surface area contributed by atoms with Gasteiger partial charge in [0, 0.05) is 12.6 Å². The highest BCUT2D eigenvalue weighted by atomic mass is 32.2. The van der Waals surface area contributed by atoms with Crippen molar-refractivity contribution in [3.63, 3.8) is 0 Å². The molecule has 122 valence electrons. The van der Waals surface area contributed by atoms with Crippen LogP contribution in [0.3, 0.4) is 0 Å². The van der Waals surface area contributed by atoms with Crippen molar-refractivity contribution < 1.29 is 17.9 Å². The molecule has 2 aromatic carbocycles. The van der Waals surface area contributed by atoms with Gasteiger partial charge in [-0.25, -0.2) is 8.42 Å². The molecule has 0 spiro atoms. The predicted molar refractivity (Wildman–Crippen MR) is 89.0 cm³/mol. The molecule has 1 heterocycles. The van der Waals surface area contributed by atoms with Gasteiger partial charge in [-0.15, -0.1) is 0 Å². The largest absolute Gasteiger partial charge is 0.497 e. The maximum absolute atomic E-state index is 13.1. The Morgan fingerprint density at radius 2 is 1.83 bits per heavy atom. The Hall–Kier alpha value is -2.21. The van der Waals surface area contributed by atoms with Crippen LogP contribution in [-0.2, 0) is 16.4 Å². The molecule has 5 nitrogen and oxygen atoms in total. The smallest absolute Gasteiger partial charge is 0.268 e. The number of rotatable bonds is 4. The first-order valence-electron chi connectivity index (χ1n) is 7.31. The number of nitrogens with zero attached hydrogens (tertiary/aromatic N) is 1. The lowest BCUT2D eigenvalue weighted by atomic mass is 10.1. The zero-order valence-electron chi connectivity index (χ0n) is 13.4. The third-order valence-electron chi connectivity index (χ3n) is 4.03. The van der Waals surface area contributed by atoms with Crippen LogP contribution in [0.15, 0.2) is 41.3 Å². The molecular weight excluding hydrogens is 314 g/mol. The number of methoxy groups -OCH3 is 2. The topological polar surface area (TPSA) is 55.8 Å². The third-order valence-corrected chi connectivity index (χ3v) is 5.88. The van der Waals surface area contributed by atoms with Crippen LogP contribution in [0.4, 0.5) is 5.69 Å². The predicted octanol–water partition coefficient (Wildman–Crippen LogP) is 2.76. The summed E-state index contributed by atoms with van der Waals surface area (Å²) in [7, 11) is -0.697. The van der Waals surface area contributed by atoms with Crippen molar-refractivity contribution in [3.8, 4) is 11.5 Å². The molecule has 0 saturated heterocycles. The molecule has 0 atom stereocenters. The molecule has 6 heteroatoms. The number of anilines is 1. The molecule has 0 unspecified atom stereocenters. The summed E-state index contributed by atoms with van der Waals surface area (Å²) in [6.45, 7) is 2.44. The molecule has 0 aliphatic carbocycles.